The van der Waals surface area contributed by atoms with Crippen LogP contribution in [-0.2, 0) is 17.6 Å². The van der Waals surface area contributed by atoms with Gasteiger partial charge in [-0.05, 0) is 50.3 Å². The van der Waals surface area contributed by atoms with E-state index in [4.69, 9.17) is 0 Å². The van der Waals surface area contributed by atoms with E-state index < -0.39 is 0 Å². The molecule has 1 aromatic rings. The second-order valence-electron chi connectivity index (χ2n) is 4.05. The van der Waals surface area contributed by atoms with Crippen LogP contribution in [0.2, 0.25) is 0 Å². The number of nitrogens with zero attached hydrogens (tertiary/aromatic N) is 1. The molecule has 0 fully saturated rings. The highest BCUT2D eigenvalue weighted by Gasteiger charge is 2.07. The number of aromatic nitrogens is 1. The molecule has 0 aliphatic carbocycles. The molecule has 0 saturated heterocycles. The van der Waals surface area contributed by atoms with Crippen molar-refractivity contribution in [3.8, 4) is 0 Å². The molecule has 1 rings (SSSR count). The molecular formula is C13H19NO. The predicted octanol–water partition coefficient (Wildman–Crippen LogP) is 2.78. The fourth-order valence-electron chi connectivity index (χ4n) is 1.91. The maximum absolute atomic E-state index is 10.9. The zero-order valence-corrected chi connectivity index (χ0v) is 10.1. The minimum atomic E-state index is 0.231. The normalized spacial score (nSPS) is 10.4. The smallest absolute Gasteiger partial charge is 0.130 e. The zero-order valence-electron chi connectivity index (χ0n) is 10.1. The van der Waals surface area contributed by atoms with Crippen LogP contribution < -0.4 is 0 Å². The standard InChI is InChI=1S/C13H19NO/c1-5-12-9(2)8-14-13(11(12)4)7-6-10(3)15/h8H,5-7H2,1-4H3. The van der Waals surface area contributed by atoms with Crippen molar-refractivity contribution in [3.05, 3.63) is 28.6 Å². The third-order valence-corrected chi connectivity index (χ3v) is 2.84. The minimum absolute atomic E-state index is 0.231. The van der Waals surface area contributed by atoms with Crippen LogP contribution in [0, 0.1) is 13.8 Å². The molecule has 0 amide bonds. The summed E-state index contributed by atoms with van der Waals surface area (Å²) < 4.78 is 0. The SMILES string of the molecule is CCc1c(C)cnc(CCC(C)=O)c1C. The third kappa shape index (κ3) is 2.88. The van der Waals surface area contributed by atoms with E-state index in [1.165, 1.54) is 16.7 Å². The Morgan fingerprint density at radius 1 is 1.40 bits per heavy atom. The number of rotatable bonds is 4. The van der Waals surface area contributed by atoms with E-state index in [0.717, 1.165) is 18.5 Å². The molecule has 0 aliphatic rings. The van der Waals surface area contributed by atoms with E-state index in [1.54, 1.807) is 6.92 Å². The molecular weight excluding hydrogens is 186 g/mol. The van der Waals surface area contributed by atoms with Crippen LogP contribution >= 0.6 is 0 Å². The molecule has 0 saturated carbocycles. The van der Waals surface area contributed by atoms with Gasteiger partial charge in [-0.25, -0.2) is 0 Å². The lowest BCUT2D eigenvalue weighted by molar-refractivity contribution is -0.116. The highest BCUT2D eigenvalue weighted by Crippen LogP contribution is 2.17. The summed E-state index contributed by atoms with van der Waals surface area (Å²) in [4.78, 5) is 15.3. The van der Waals surface area contributed by atoms with Gasteiger partial charge in [0, 0.05) is 18.3 Å². The monoisotopic (exact) mass is 205 g/mol. The van der Waals surface area contributed by atoms with E-state index in [-0.39, 0.29) is 5.78 Å². The van der Waals surface area contributed by atoms with Crippen molar-refractivity contribution in [2.24, 2.45) is 0 Å². The van der Waals surface area contributed by atoms with E-state index in [0.29, 0.717) is 6.42 Å². The number of carbonyl (C=O) groups is 1. The van der Waals surface area contributed by atoms with Gasteiger partial charge in [-0.1, -0.05) is 6.92 Å². The highest BCUT2D eigenvalue weighted by molar-refractivity contribution is 5.75. The van der Waals surface area contributed by atoms with Crippen molar-refractivity contribution < 1.29 is 4.79 Å². The maximum atomic E-state index is 10.9. The van der Waals surface area contributed by atoms with Gasteiger partial charge in [0.2, 0.25) is 0 Å². The first-order chi connectivity index (χ1) is 7.06. The second kappa shape index (κ2) is 5.06. The molecule has 0 spiro atoms. The van der Waals surface area contributed by atoms with Crippen LogP contribution in [0.4, 0.5) is 0 Å². The van der Waals surface area contributed by atoms with Crippen LogP contribution in [0.3, 0.4) is 0 Å². The van der Waals surface area contributed by atoms with Gasteiger partial charge in [0.25, 0.3) is 0 Å². The lowest BCUT2D eigenvalue weighted by Crippen LogP contribution is -2.03. The Morgan fingerprint density at radius 2 is 2.07 bits per heavy atom. The Labute approximate surface area is 91.7 Å². The van der Waals surface area contributed by atoms with Crippen LogP contribution in [0.25, 0.3) is 0 Å². The Bertz CT molecular complexity index is 369. The Balaban J connectivity index is 2.94. The molecule has 2 nitrogen and oxygen atoms in total. The fraction of sp³-hybridized carbons (Fsp3) is 0.538. The van der Waals surface area contributed by atoms with Gasteiger partial charge in [0.15, 0.2) is 0 Å². The summed E-state index contributed by atoms with van der Waals surface area (Å²) in [6.07, 6.45) is 4.32. The first-order valence-corrected chi connectivity index (χ1v) is 5.49. The molecule has 1 heterocycles. The summed E-state index contributed by atoms with van der Waals surface area (Å²) in [5.74, 6) is 0.231. The van der Waals surface area contributed by atoms with Gasteiger partial charge >= 0.3 is 0 Å². The quantitative estimate of drug-likeness (QED) is 0.756. The number of ketones is 1. The van der Waals surface area contributed by atoms with E-state index in [9.17, 15) is 4.79 Å². The zero-order chi connectivity index (χ0) is 11.4. The van der Waals surface area contributed by atoms with Gasteiger partial charge in [-0.2, -0.15) is 0 Å². The average molecular weight is 205 g/mol. The first kappa shape index (κ1) is 11.9. The van der Waals surface area contributed by atoms with E-state index in [1.807, 2.05) is 6.20 Å². The summed E-state index contributed by atoms with van der Waals surface area (Å²) in [6, 6.07) is 0. The largest absolute Gasteiger partial charge is 0.300 e. The predicted molar refractivity (Wildman–Crippen MR) is 62.1 cm³/mol. The molecule has 0 atom stereocenters. The number of pyridine rings is 1. The van der Waals surface area contributed by atoms with Crippen molar-refractivity contribution in [1.29, 1.82) is 0 Å². The van der Waals surface area contributed by atoms with Crippen molar-refractivity contribution in [2.45, 2.75) is 47.0 Å². The molecule has 0 aromatic carbocycles. The topological polar surface area (TPSA) is 30.0 Å². The maximum Gasteiger partial charge on any atom is 0.130 e. The van der Waals surface area contributed by atoms with E-state index in [2.05, 4.69) is 25.8 Å². The van der Waals surface area contributed by atoms with Gasteiger partial charge in [0.05, 0.1) is 0 Å². The lowest BCUT2D eigenvalue weighted by atomic mass is 9.98. The Kier molecular flexibility index (Phi) is 4.01. The summed E-state index contributed by atoms with van der Waals surface area (Å²) in [7, 11) is 0. The van der Waals surface area contributed by atoms with Crippen LogP contribution in [0.15, 0.2) is 6.20 Å². The number of Topliss-reactive ketones (excluding diaryl/α,β-unsaturated/α-hetero) is 1. The Hall–Kier alpha value is -1.18. The van der Waals surface area contributed by atoms with Crippen molar-refractivity contribution in [1.82, 2.24) is 4.98 Å². The fourth-order valence-corrected chi connectivity index (χ4v) is 1.91. The lowest BCUT2D eigenvalue weighted by Gasteiger charge is -2.11. The average Bonchev–Trinajstić information content (AvgIpc) is 2.17. The Morgan fingerprint density at radius 3 is 2.60 bits per heavy atom. The van der Waals surface area contributed by atoms with Crippen molar-refractivity contribution in [2.75, 3.05) is 0 Å². The number of hydrogen-bond donors (Lipinski definition) is 0. The highest BCUT2D eigenvalue weighted by atomic mass is 16.1. The molecule has 1 aromatic heterocycles. The summed E-state index contributed by atoms with van der Waals surface area (Å²) in [5.41, 5.74) is 4.97. The minimum Gasteiger partial charge on any atom is -0.300 e. The summed E-state index contributed by atoms with van der Waals surface area (Å²) in [6.45, 7) is 7.98. The number of aryl methyl sites for hydroxylation is 2. The molecule has 82 valence electrons. The van der Waals surface area contributed by atoms with Crippen molar-refractivity contribution in [3.63, 3.8) is 0 Å². The molecule has 0 unspecified atom stereocenters. The van der Waals surface area contributed by atoms with Crippen molar-refractivity contribution >= 4 is 5.78 Å². The van der Waals surface area contributed by atoms with Gasteiger partial charge in [-0.3, -0.25) is 4.98 Å². The summed E-state index contributed by atoms with van der Waals surface area (Å²) >= 11 is 0. The van der Waals surface area contributed by atoms with E-state index >= 15 is 0 Å². The molecule has 0 radical (unpaired) electrons. The molecule has 0 aliphatic heterocycles. The second-order valence-corrected chi connectivity index (χ2v) is 4.05. The third-order valence-electron chi connectivity index (χ3n) is 2.84. The summed E-state index contributed by atoms with van der Waals surface area (Å²) in [5, 5.41) is 0. The molecule has 2 heteroatoms. The molecule has 15 heavy (non-hydrogen) atoms. The van der Waals surface area contributed by atoms with Gasteiger partial charge in [-0.15, -0.1) is 0 Å². The van der Waals surface area contributed by atoms with Crippen LogP contribution in [0.1, 0.15) is 42.7 Å². The number of carbonyl (C=O) groups excluding carboxylic acids is 1. The molecule has 0 bridgehead atoms. The van der Waals surface area contributed by atoms with Crippen LogP contribution in [-0.4, -0.2) is 10.8 Å². The molecule has 0 N–H and O–H groups in total. The van der Waals surface area contributed by atoms with Gasteiger partial charge < -0.3 is 4.79 Å². The first-order valence-electron chi connectivity index (χ1n) is 5.49. The van der Waals surface area contributed by atoms with Crippen LogP contribution in [0.5, 0.6) is 0 Å². The van der Waals surface area contributed by atoms with Gasteiger partial charge in [0.1, 0.15) is 5.78 Å². The number of hydrogen-bond acceptors (Lipinski definition) is 2.